The molecule has 0 atom stereocenters. The van der Waals surface area contributed by atoms with Crippen LogP contribution >= 0.6 is 15.9 Å². The van der Waals surface area contributed by atoms with Crippen LogP contribution in [-0.2, 0) is 14.8 Å². The number of hydrogen-bond donors (Lipinski definition) is 1. The molecule has 134 valence electrons. The molecule has 0 unspecified atom stereocenters. The van der Waals surface area contributed by atoms with Gasteiger partial charge in [0.2, 0.25) is 15.9 Å². The molecule has 25 heavy (non-hydrogen) atoms. The molecule has 0 aromatic heterocycles. The van der Waals surface area contributed by atoms with Gasteiger partial charge in [0.1, 0.15) is 0 Å². The molecule has 1 N–H and O–H groups in total. The van der Waals surface area contributed by atoms with Crippen molar-refractivity contribution in [1.82, 2.24) is 4.31 Å². The normalized spacial score (nSPS) is 11.6. The van der Waals surface area contributed by atoms with Crippen molar-refractivity contribution in [2.75, 3.05) is 18.4 Å². The Morgan fingerprint density at radius 3 is 2.36 bits per heavy atom. The Balaban J connectivity index is 2.17. The highest BCUT2D eigenvalue weighted by molar-refractivity contribution is 9.10. The molecule has 7 heteroatoms. The predicted octanol–water partition coefficient (Wildman–Crippen LogP) is 3.72. The monoisotopic (exact) mass is 424 g/mol. The smallest absolute Gasteiger partial charge is 0.243 e. The molecule has 0 fully saturated rings. The molecule has 0 aliphatic carbocycles. The lowest BCUT2D eigenvalue weighted by molar-refractivity contribution is -0.116. The van der Waals surface area contributed by atoms with Crippen LogP contribution < -0.4 is 5.32 Å². The van der Waals surface area contributed by atoms with Crippen molar-refractivity contribution in [1.29, 1.82) is 0 Å². The second-order valence-electron chi connectivity index (χ2n) is 5.68. The van der Waals surface area contributed by atoms with E-state index in [1.54, 1.807) is 25.1 Å². The van der Waals surface area contributed by atoms with Gasteiger partial charge in [0.25, 0.3) is 0 Å². The summed E-state index contributed by atoms with van der Waals surface area (Å²) < 4.78 is 27.4. The average Bonchev–Trinajstić information content (AvgIpc) is 2.57. The van der Waals surface area contributed by atoms with E-state index in [1.165, 1.54) is 12.1 Å². The molecule has 0 spiro atoms. The molecule has 2 rings (SSSR count). The molecule has 0 bridgehead atoms. The minimum absolute atomic E-state index is 0.164. The van der Waals surface area contributed by atoms with Gasteiger partial charge in [-0.25, -0.2) is 8.42 Å². The number of halogens is 1. The summed E-state index contributed by atoms with van der Waals surface area (Å²) in [5, 5.41) is 2.80. The van der Waals surface area contributed by atoms with Gasteiger partial charge in [0.15, 0.2) is 0 Å². The van der Waals surface area contributed by atoms with Crippen LogP contribution in [-0.4, -0.2) is 31.7 Å². The Kier molecular flexibility index (Phi) is 6.37. The van der Waals surface area contributed by atoms with Crippen LogP contribution in [0.15, 0.2) is 51.8 Å². The van der Waals surface area contributed by atoms with Gasteiger partial charge in [0.05, 0.1) is 11.4 Å². The second kappa shape index (κ2) is 8.12. The summed E-state index contributed by atoms with van der Waals surface area (Å²) in [6, 6.07) is 12.0. The van der Waals surface area contributed by atoms with Gasteiger partial charge in [-0.3, -0.25) is 4.79 Å². The number of carbonyl (C=O) groups is 1. The van der Waals surface area contributed by atoms with E-state index in [9.17, 15) is 13.2 Å². The third-order valence-corrected chi connectivity index (χ3v) is 6.47. The minimum Gasteiger partial charge on any atom is -0.325 e. The number of nitrogens with one attached hydrogen (secondary N) is 1. The maximum Gasteiger partial charge on any atom is 0.243 e. The minimum atomic E-state index is -3.72. The van der Waals surface area contributed by atoms with E-state index in [-0.39, 0.29) is 23.9 Å². The van der Waals surface area contributed by atoms with Crippen LogP contribution in [0.1, 0.15) is 18.1 Å². The summed E-state index contributed by atoms with van der Waals surface area (Å²) in [6.07, 6.45) is 0. The third-order valence-electron chi connectivity index (χ3n) is 4.00. The molecule has 2 aromatic carbocycles. The Bertz CT molecular complexity index is 864. The maximum atomic E-state index is 12.7. The van der Waals surface area contributed by atoms with Gasteiger partial charge in [-0.05, 0) is 55.3 Å². The Hall–Kier alpha value is -1.70. The number of carbonyl (C=O) groups excluding carboxylic acids is 1. The quantitative estimate of drug-likeness (QED) is 0.767. The van der Waals surface area contributed by atoms with E-state index in [0.717, 1.165) is 19.9 Å². The summed E-state index contributed by atoms with van der Waals surface area (Å²) in [6.45, 7) is 5.56. The van der Waals surface area contributed by atoms with E-state index in [4.69, 9.17) is 0 Å². The summed E-state index contributed by atoms with van der Waals surface area (Å²) in [5.41, 5.74) is 2.73. The van der Waals surface area contributed by atoms with Gasteiger partial charge in [-0.2, -0.15) is 4.31 Å². The van der Waals surface area contributed by atoms with Crippen molar-refractivity contribution in [3.8, 4) is 0 Å². The maximum absolute atomic E-state index is 12.7. The second-order valence-corrected chi connectivity index (χ2v) is 8.53. The number of amides is 1. The lowest BCUT2D eigenvalue weighted by Gasteiger charge is -2.20. The number of aryl methyl sites for hydroxylation is 1. The van der Waals surface area contributed by atoms with Crippen molar-refractivity contribution in [3.05, 3.63) is 58.1 Å². The highest BCUT2D eigenvalue weighted by Crippen LogP contribution is 2.20. The van der Waals surface area contributed by atoms with Crippen LogP contribution in [0, 0.1) is 13.8 Å². The summed E-state index contributed by atoms with van der Waals surface area (Å²) in [7, 11) is -3.72. The number of likely N-dealkylation sites (N-methyl/N-ethyl adjacent to an activating group) is 1. The lowest BCUT2D eigenvalue weighted by Crippen LogP contribution is -2.37. The van der Waals surface area contributed by atoms with Crippen molar-refractivity contribution < 1.29 is 13.2 Å². The zero-order valence-electron chi connectivity index (χ0n) is 14.4. The van der Waals surface area contributed by atoms with Crippen molar-refractivity contribution in [3.63, 3.8) is 0 Å². The standard InChI is InChI=1S/C18H21BrN2O3S/c1-4-21(25(23,24)16-10-8-15(19)9-11-16)12-18(22)20-17-7-5-6-13(2)14(17)3/h5-11H,4,12H2,1-3H3,(H,20,22). The van der Waals surface area contributed by atoms with Crippen LogP contribution in [0.2, 0.25) is 0 Å². The highest BCUT2D eigenvalue weighted by Gasteiger charge is 2.25. The van der Waals surface area contributed by atoms with Gasteiger partial charge in [-0.15, -0.1) is 0 Å². The fourth-order valence-corrected chi connectivity index (χ4v) is 4.03. The van der Waals surface area contributed by atoms with Crippen LogP contribution in [0.25, 0.3) is 0 Å². The lowest BCUT2D eigenvalue weighted by atomic mass is 10.1. The average molecular weight is 425 g/mol. The molecule has 0 aliphatic rings. The van der Waals surface area contributed by atoms with Crippen LogP contribution in [0.4, 0.5) is 5.69 Å². The first-order valence-electron chi connectivity index (χ1n) is 7.87. The largest absolute Gasteiger partial charge is 0.325 e. The number of rotatable bonds is 6. The van der Waals surface area contributed by atoms with Gasteiger partial charge < -0.3 is 5.32 Å². The molecule has 0 saturated heterocycles. The Labute approximate surface area is 157 Å². The van der Waals surface area contributed by atoms with E-state index < -0.39 is 10.0 Å². The Morgan fingerprint density at radius 2 is 1.76 bits per heavy atom. The van der Waals surface area contributed by atoms with E-state index in [2.05, 4.69) is 21.2 Å². The van der Waals surface area contributed by atoms with Crippen molar-refractivity contribution in [2.24, 2.45) is 0 Å². The zero-order valence-corrected chi connectivity index (χ0v) is 16.8. The van der Waals surface area contributed by atoms with Crippen molar-refractivity contribution in [2.45, 2.75) is 25.7 Å². The fourth-order valence-electron chi connectivity index (χ4n) is 2.36. The molecule has 0 saturated carbocycles. The van der Waals surface area contributed by atoms with Gasteiger partial charge in [-0.1, -0.05) is 35.0 Å². The number of anilines is 1. The first kappa shape index (κ1) is 19.6. The topological polar surface area (TPSA) is 66.5 Å². The van der Waals surface area contributed by atoms with Crippen LogP contribution in [0.5, 0.6) is 0 Å². The molecular formula is C18H21BrN2O3S. The fraction of sp³-hybridized carbons (Fsp3) is 0.278. The number of sulfonamides is 1. The molecule has 5 nitrogen and oxygen atoms in total. The zero-order chi connectivity index (χ0) is 18.6. The predicted molar refractivity (Wildman–Crippen MR) is 103 cm³/mol. The van der Waals surface area contributed by atoms with E-state index in [1.807, 2.05) is 26.0 Å². The number of benzene rings is 2. The van der Waals surface area contributed by atoms with Crippen molar-refractivity contribution >= 4 is 37.5 Å². The molecule has 2 aromatic rings. The first-order valence-corrected chi connectivity index (χ1v) is 10.1. The van der Waals surface area contributed by atoms with E-state index in [0.29, 0.717) is 5.69 Å². The summed E-state index contributed by atoms with van der Waals surface area (Å²) in [4.78, 5) is 12.5. The summed E-state index contributed by atoms with van der Waals surface area (Å²) >= 11 is 3.28. The van der Waals surface area contributed by atoms with Crippen LogP contribution in [0.3, 0.4) is 0 Å². The SMILES string of the molecule is CCN(CC(=O)Nc1cccc(C)c1C)S(=O)(=O)c1ccc(Br)cc1. The van der Waals surface area contributed by atoms with Gasteiger partial charge >= 0.3 is 0 Å². The third kappa shape index (κ3) is 4.68. The molecule has 1 amide bonds. The van der Waals surface area contributed by atoms with Gasteiger partial charge in [0, 0.05) is 16.7 Å². The first-order chi connectivity index (χ1) is 11.8. The highest BCUT2D eigenvalue weighted by atomic mass is 79.9. The molecule has 0 radical (unpaired) electrons. The Morgan fingerprint density at radius 1 is 1.12 bits per heavy atom. The summed E-state index contributed by atoms with van der Waals surface area (Å²) in [5.74, 6) is -0.365. The molecule has 0 aliphatic heterocycles. The number of hydrogen-bond acceptors (Lipinski definition) is 3. The molecular weight excluding hydrogens is 404 g/mol. The number of nitrogens with zero attached hydrogens (tertiary/aromatic N) is 1. The van der Waals surface area contributed by atoms with E-state index >= 15 is 0 Å². The molecule has 0 heterocycles.